The van der Waals surface area contributed by atoms with Gasteiger partial charge in [0.1, 0.15) is 5.56 Å². The van der Waals surface area contributed by atoms with E-state index in [0.717, 1.165) is 6.07 Å². The molecule has 0 aliphatic rings. The van der Waals surface area contributed by atoms with Crippen LogP contribution in [0.4, 0.5) is 5.69 Å². The molecule has 1 rings (SSSR count). The van der Waals surface area contributed by atoms with Crippen LogP contribution in [-0.4, -0.2) is 39.8 Å². The van der Waals surface area contributed by atoms with Crippen LogP contribution < -0.4 is 5.32 Å². The summed E-state index contributed by atoms with van der Waals surface area (Å²) in [5, 5.41) is 32.0. The third kappa shape index (κ3) is 3.44. The fraction of sp³-hybridized carbons (Fsp3) is 0.417. The summed E-state index contributed by atoms with van der Waals surface area (Å²) in [6.07, 6.45) is 0.271. The van der Waals surface area contributed by atoms with Crippen molar-refractivity contribution in [2.24, 2.45) is 0 Å². The summed E-state index contributed by atoms with van der Waals surface area (Å²) in [6, 6.07) is 3.65. The van der Waals surface area contributed by atoms with Crippen LogP contribution in [0.15, 0.2) is 18.2 Å². The summed E-state index contributed by atoms with van der Waals surface area (Å²) in [4.78, 5) is 22.3. The van der Waals surface area contributed by atoms with Crippen LogP contribution in [0.25, 0.3) is 0 Å². The first-order valence-corrected chi connectivity index (χ1v) is 6.25. The second-order valence-corrected chi connectivity index (χ2v) is 4.76. The fourth-order valence-electron chi connectivity index (χ4n) is 1.60. The topological polar surface area (TPSA) is 113 Å². The molecule has 0 fully saturated rings. The number of halogens is 1. The Hall–Kier alpha value is -1.70. The number of carbonyl (C=O) groups excluding carboxylic acids is 1. The van der Waals surface area contributed by atoms with Crippen molar-refractivity contribution in [2.75, 3.05) is 13.2 Å². The highest BCUT2D eigenvalue weighted by atomic mass is 35.5. The van der Waals surface area contributed by atoms with Gasteiger partial charge in [0.15, 0.2) is 0 Å². The molecule has 20 heavy (non-hydrogen) atoms. The van der Waals surface area contributed by atoms with E-state index in [1.54, 1.807) is 6.92 Å². The molecule has 3 N–H and O–H groups in total. The van der Waals surface area contributed by atoms with Crippen molar-refractivity contribution in [1.29, 1.82) is 0 Å². The number of hydrogen-bond acceptors (Lipinski definition) is 5. The molecular weight excluding hydrogens is 288 g/mol. The lowest BCUT2D eigenvalue weighted by molar-refractivity contribution is -0.385. The van der Waals surface area contributed by atoms with Gasteiger partial charge >= 0.3 is 0 Å². The summed E-state index contributed by atoms with van der Waals surface area (Å²) in [5.41, 5.74) is -1.83. The highest BCUT2D eigenvalue weighted by Gasteiger charge is 2.31. The average molecular weight is 303 g/mol. The molecule has 1 aromatic carbocycles. The molecule has 1 aromatic rings. The second kappa shape index (κ2) is 6.65. The van der Waals surface area contributed by atoms with Gasteiger partial charge in [-0.2, -0.15) is 0 Å². The van der Waals surface area contributed by atoms with Crippen LogP contribution in [0.3, 0.4) is 0 Å². The molecular formula is C12H15ClN2O5. The van der Waals surface area contributed by atoms with E-state index in [-0.39, 0.29) is 17.0 Å². The Morgan fingerprint density at radius 2 is 2.05 bits per heavy atom. The molecule has 0 bridgehead atoms. The van der Waals surface area contributed by atoms with E-state index >= 15 is 0 Å². The number of hydrogen-bond donors (Lipinski definition) is 3. The molecule has 0 aromatic heterocycles. The average Bonchev–Trinajstić information content (AvgIpc) is 2.44. The first-order valence-electron chi connectivity index (χ1n) is 5.87. The van der Waals surface area contributed by atoms with Gasteiger partial charge in [0.25, 0.3) is 11.6 Å². The normalized spacial score (nSPS) is 11.2. The Balaban J connectivity index is 3.12. The predicted octanol–water partition coefficient (Wildman–Crippen LogP) is 1.11. The number of aliphatic hydroxyl groups excluding tert-OH is 2. The lowest BCUT2D eigenvalue weighted by atomic mass is 9.97. The van der Waals surface area contributed by atoms with Gasteiger partial charge in [-0.1, -0.05) is 18.5 Å². The molecule has 0 saturated carbocycles. The van der Waals surface area contributed by atoms with Gasteiger partial charge in [-0.15, -0.1) is 0 Å². The molecule has 0 aliphatic carbocycles. The van der Waals surface area contributed by atoms with Crippen LogP contribution in [0.1, 0.15) is 23.7 Å². The number of amides is 1. The van der Waals surface area contributed by atoms with Crippen molar-refractivity contribution >= 4 is 23.2 Å². The van der Waals surface area contributed by atoms with E-state index in [1.165, 1.54) is 12.1 Å². The van der Waals surface area contributed by atoms with Gasteiger partial charge in [-0.25, -0.2) is 0 Å². The number of nitro groups is 1. The molecule has 0 radical (unpaired) electrons. The number of aliphatic hydroxyl groups is 2. The Labute approximate surface area is 120 Å². The standard InChI is InChI=1S/C12H15ClN2O5/c1-2-12(6-16,7-17)14-11(18)9-4-3-8(13)5-10(9)15(19)20/h3-5,16-17H,2,6-7H2,1H3,(H,14,18). The van der Waals surface area contributed by atoms with E-state index < -0.39 is 35.3 Å². The summed E-state index contributed by atoms with van der Waals surface area (Å²) in [7, 11) is 0. The zero-order valence-corrected chi connectivity index (χ0v) is 11.6. The number of benzene rings is 1. The quantitative estimate of drug-likeness (QED) is 0.538. The maximum absolute atomic E-state index is 12.1. The third-order valence-electron chi connectivity index (χ3n) is 3.06. The number of carbonyl (C=O) groups is 1. The zero-order valence-electron chi connectivity index (χ0n) is 10.8. The zero-order chi connectivity index (χ0) is 15.3. The van der Waals surface area contributed by atoms with Crippen LogP contribution in [0.5, 0.6) is 0 Å². The van der Waals surface area contributed by atoms with Gasteiger partial charge < -0.3 is 15.5 Å². The van der Waals surface area contributed by atoms with Crippen LogP contribution in [-0.2, 0) is 0 Å². The number of rotatable bonds is 6. The Bertz CT molecular complexity index is 508. The van der Waals surface area contributed by atoms with Crippen molar-refractivity contribution in [3.05, 3.63) is 38.9 Å². The SMILES string of the molecule is CCC(CO)(CO)NC(=O)c1ccc(Cl)cc1[N+](=O)[O-]. The third-order valence-corrected chi connectivity index (χ3v) is 3.30. The van der Waals surface area contributed by atoms with Crippen LogP contribution in [0.2, 0.25) is 5.02 Å². The molecule has 0 unspecified atom stereocenters. The predicted molar refractivity (Wildman–Crippen MR) is 72.8 cm³/mol. The van der Waals surface area contributed by atoms with Gasteiger partial charge in [0.2, 0.25) is 0 Å². The minimum atomic E-state index is -1.22. The molecule has 0 spiro atoms. The minimum absolute atomic E-state index is 0.138. The first-order chi connectivity index (χ1) is 9.39. The molecule has 110 valence electrons. The maximum atomic E-state index is 12.1. The maximum Gasteiger partial charge on any atom is 0.283 e. The van der Waals surface area contributed by atoms with Crippen molar-refractivity contribution in [2.45, 2.75) is 18.9 Å². The largest absolute Gasteiger partial charge is 0.394 e. The number of nitrogens with zero attached hydrogens (tertiary/aromatic N) is 1. The summed E-state index contributed by atoms with van der Waals surface area (Å²) < 4.78 is 0. The van der Waals surface area contributed by atoms with Crippen LogP contribution in [0, 0.1) is 10.1 Å². The molecule has 0 aliphatic heterocycles. The Kier molecular flexibility index (Phi) is 5.43. The molecule has 7 nitrogen and oxygen atoms in total. The van der Waals surface area contributed by atoms with Gasteiger partial charge in [-0.05, 0) is 18.6 Å². The fourth-order valence-corrected chi connectivity index (χ4v) is 1.76. The molecule has 0 atom stereocenters. The van der Waals surface area contributed by atoms with Crippen molar-refractivity contribution in [1.82, 2.24) is 5.32 Å². The number of nitro benzene ring substituents is 1. The Morgan fingerprint density at radius 3 is 2.50 bits per heavy atom. The summed E-state index contributed by atoms with van der Waals surface area (Å²) in [6.45, 7) is 0.712. The highest BCUT2D eigenvalue weighted by Crippen LogP contribution is 2.24. The van der Waals surface area contributed by atoms with E-state index in [4.69, 9.17) is 11.6 Å². The van der Waals surface area contributed by atoms with Crippen molar-refractivity contribution in [3.8, 4) is 0 Å². The lowest BCUT2D eigenvalue weighted by Crippen LogP contribution is -2.53. The summed E-state index contributed by atoms with van der Waals surface area (Å²) in [5.74, 6) is -0.752. The van der Waals surface area contributed by atoms with Crippen molar-refractivity contribution in [3.63, 3.8) is 0 Å². The molecule has 0 saturated heterocycles. The van der Waals surface area contributed by atoms with Gasteiger partial charge in [0, 0.05) is 11.1 Å². The monoisotopic (exact) mass is 302 g/mol. The number of nitrogens with one attached hydrogen (secondary N) is 1. The highest BCUT2D eigenvalue weighted by molar-refractivity contribution is 6.31. The lowest BCUT2D eigenvalue weighted by Gasteiger charge is -2.29. The van der Waals surface area contributed by atoms with Crippen LogP contribution >= 0.6 is 11.6 Å². The molecule has 0 heterocycles. The van der Waals surface area contributed by atoms with Gasteiger partial charge in [-0.3, -0.25) is 14.9 Å². The van der Waals surface area contributed by atoms with E-state index in [9.17, 15) is 25.1 Å². The summed E-state index contributed by atoms with van der Waals surface area (Å²) >= 11 is 5.66. The molecule has 8 heteroatoms. The second-order valence-electron chi connectivity index (χ2n) is 4.32. The van der Waals surface area contributed by atoms with Crippen molar-refractivity contribution < 1.29 is 19.9 Å². The van der Waals surface area contributed by atoms with E-state index in [0.29, 0.717) is 0 Å². The minimum Gasteiger partial charge on any atom is -0.394 e. The Morgan fingerprint density at radius 1 is 1.45 bits per heavy atom. The first kappa shape index (κ1) is 16.4. The smallest absolute Gasteiger partial charge is 0.283 e. The van der Waals surface area contributed by atoms with E-state index in [2.05, 4.69) is 5.32 Å². The van der Waals surface area contributed by atoms with E-state index in [1.807, 2.05) is 0 Å². The van der Waals surface area contributed by atoms with Gasteiger partial charge in [0.05, 0.1) is 23.7 Å². The molecule has 1 amide bonds.